The van der Waals surface area contributed by atoms with Crippen molar-refractivity contribution in [2.45, 2.75) is 57.0 Å². The van der Waals surface area contributed by atoms with Crippen LogP contribution in [0.1, 0.15) is 43.7 Å². The molecule has 4 nitrogen and oxygen atoms in total. The largest absolute Gasteiger partial charge is 0.326 e. The average molecular weight is 296 g/mol. The number of nitrogens with one attached hydrogen (secondary N) is 1. The molecule has 112 valence electrons. The second kappa shape index (κ2) is 6.24. The second-order valence-electron chi connectivity index (χ2n) is 5.70. The third-order valence-electron chi connectivity index (χ3n) is 3.98. The van der Waals surface area contributed by atoms with E-state index in [9.17, 15) is 8.42 Å². The molecule has 1 unspecified atom stereocenters. The molecule has 5 heteroatoms. The van der Waals surface area contributed by atoms with Crippen molar-refractivity contribution in [3.63, 3.8) is 0 Å². The minimum Gasteiger partial charge on any atom is -0.326 e. The lowest BCUT2D eigenvalue weighted by Crippen LogP contribution is -2.34. The molecule has 1 saturated carbocycles. The summed E-state index contributed by atoms with van der Waals surface area (Å²) in [4.78, 5) is 0.317. The van der Waals surface area contributed by atoms with Gasteiger partial charge in [-0.3, -0.25) is 0 Å². The van der Waals surface area contributed by atoms with Gasteiger partial charge in [-0.05, 0) is 48.9 Å². The summed E-state index contributed by atoms with van der Waals surface area (Å²) in [5.41, 5.74) is 7.55. The van der Waals surface area contributed by atoms with E-state index in [1.165, 1.54) is 12.8 Å². The van der Waals surface area contributed by atoms with Crippen LogP contribution in [0, 0.1) is 12.8 Å². The van der Waals surface area contributed by atoms with Gasteiger partial charge >= 0.3 is 0 Å². The van der Waals surface area contributed by atoms with E-state index >= 15 is 0 Å². The van der Waals surface area contributed by atoms with E-state index in [4.69, 9.17) is 5.73 Å². The number of rotatable bonds is 7. The van der Waals surface area contributed by atoms with E-state index in [1.54, 1.807) is 12.1 Å². The Morgan fingerprint density at radius 1 is 1.40 bits per heavy atom. The Labute approximate surface area is 121 Å². The molecular formula is C15H24N2O2S. The van der Waals surface area contributed by atoms with Crippen LogP contribution in [-0.4, -0.2) is 14.5 Å². The molecule has 1 fully saturated rings. The maximum Gasteiger partial charge on any atom is 0.240 e. The highest BCUT2D eigenvalue weighted by Crippen LogP contribution is 2.34. The number of sulfonamides is 1. The first-order valence-electron chi connectivity index (χ1n) is 7.28. The van der Waals surface area contributed by atoms with Gasteiger partial charge in [0, 0.05) is 12.6 Å². The Kier molecular flexibility index (Phi) is 4.83. The van der Waals surface area contributed by atoms with E-state index in [2.05, 4.69) is 4.72 Å². The number of hydrogen-bond donors (Lipinski definition) is 2. The van der Waals surface area contributed by atoms with Gasteiger partial charge in [-0.15, -0.1) is 0 Å². The lowest BCUT2D eigenvalue weighted by Gasteiger charge is -2.17. The molecule has 2 rings (SSSR count). The summed E-state index contributed by atoms with van der Waals surface area (Å²) in [6.07, 6.45) is 4.25. The summed E-state index contributed by atoms with van der Waals surface area (Å²) in [5, 5.41) is 0. The number of aryl methyl sites for hydroxylation is 1. The van der Waals surface area contributed by atoms with Gasteiger partial charge in [-0.1, -0.05) is 25.8 Å². The van der Waals surface area contributed by atoms with Crippen LogP contribution in [0.15, 0.2) is 23.1 Å². The van der Waals surface area contributed by atoms with Crippen molar-refractivity contribution in [2.24, 2.45) is 11.7 Å². The zero-order chi connectivity index (χ0) is 14.8. The van der Waals surface area contributed by atoms with E-state index < -0.39 is 10.0 Å². The Balaban J connectivity index is 2.15. The van der Waals surface area contributed by atoms with Crippen LogP contribution in [-0.2, 0) is 16.6 Å². The predicted molar refractivity (Wildman–Crippen MR) is 80.8 cm³/mol. The fraction of sp³-hybridized carbons (Fsp3) is 0.600. The summed E-state index contributed by atoms with van der Waals surface area (Å²) in [5.74, 6) is 0.709. The monoisotopic (exact) mass is 296 g/mol. The molecule has 0 heterocycles. The van der Waals surface area contributed by atoms with Gasteiger partial charge in [0.05, 0.1) is 4.90 Å². The summed E-state index contributed by atoms with van der Waals surface area (Å²) < 4.78 is 27.7. The molecule has 0 aliphatic heterocycles. The lowest BCUT2D eigenvalue weighted by atomic mass is 10.1. The molecule has 1 atom stereocenters. The highest BCUT2D eigenvalue weighted by Gasteiger charge is 2.27. The predicted octanol–water partition coefficient (Wildman–Crippen LogP) is 2.31. The van der Waals surface area contributed by atoms with Gasteiger partial charge in [-0.25, -0.2) is 13.1 Å². The molecule has 1 aliphatic carbocycles. The molecular weight excluding hydrogens is 272 g/mol. The van der Waals surface area contributed by atoms with Gasteiger partial charge in [0.2, 0.25) is 10.0 Å². The van der Waals surface area contributed by atoms with Crippen molar-refractivity contribution < 1.29 is 8.42 Å². The molecule has 3 N–H and O–H groups in total. The van der Waals surface area contributed by atoms with E-state index in [0.717, 1.165) is 24.0 Å². The summed E-state index contributed by atoms with van der Waals surface area (Å²) in [6.45, 7) is 4.32. The second-order valence-corrected chi connectivity index (χ2v) is 7.41. The zero-order valence-electron chi connectivity index (χ0n) is 12.2. The van der Waals surface area contributed by atoms with Gasteiger partial charge in [0.15, 0.2) is 0 Å². The number of benzene rings is 1. The van der Waals surface area contributed by atoms with Gasteiger partial charge in [0.25, 0.3) is 0 Å². The fourth-order valence-corrected chi connectivity index (χ4v) is 3.76. The fourth-order valence-electron chi connectivity index (χ4n) is 2.38. The average Bonchev–Trinajstić information content (AvgIpc) is 3.22. The van der Waals surface area contributed by atoms with E-state index in [-0.39, 0.29) is 6.04 Å². The number of hydrogen-bond acceptors (Lipinski definition) is 3. The minimum atomic E-state index is -3.44. The van der Waals surface area contributed by atoms with Gasteiger partial charge < -0.3 is 5.73 Å². The Morgan fingerprint density at radius 3 is 2.65 bits per heavy atom. The van der Waals surface area contributed by atoms with Crippen LogP contribution in [0.5, 0.6) is 0 Å². The van der Waals surface area contributed by atoms with Crippen LogP contribution in [0.4, 0.5) is 0 Å². The Morgan fingerprint density at radius 2 is 2.10 bits per heavy atom. The SMILES string of the molecule is CCC(CC1CC1)NS(=O)(=O)c1ccc(C)c(CN)c1. The number of nitrogens with two attached hydrogens (primary N) is 1. The molecule has 0 saturated heterocycles. The molecule has 0 bridgehead atoms. The maximum absolute atomic E-state index is 12.4. The van der Waals surface area contributed by atoms with Crippen LogP contribution >= 0.6 is 0 Å². The lowest BCUT2D eigenvalue weighted by molar-refractivity contribution is 0.495. The molecule has 0 amide bonds. The van der Waals surface area contributed by atoms with Crippen LogP contribution < -0.4 is 10.5 Å². The standard InChI is InChI=1S/C15H24N2O2S/c1-3-14(8-12-5-6-12)17-20(18,19)15-7-4-11(2)13(9-15)10-16/h4,7,9,12,14,17H,3,5-6,8,10,16H2,1-2H3. The molecule has 20 heavy (non-hydrogen) atoms. The topological polar surface area (TPSA) is 72.2 Å². The summed E-state index contributed by atoms with van der Waals surface area (Å²) in [7, 11) is -3.44. The first-order chi connectivity index (χ1) is 9.46. The summed E-state index contributed by atoms with van der Waals surface area (Å²) in [6, 6.07) is 5.19. The van der Waals surface area contributed by atoms with E-state index in [1.807, 2.05) is 19.9 Å². The van der Waals surface area contributed by atoms with Gasteiger partial charge in [-0.2, -0.15) is 0 Å². The molecule has 1 aromatic carbocycles. The third kappa shape index (κ3) is 3.81. The van der Waals surface area contributed by atoms with Crippen molar-refractivity contribution in [1.82, 2.24) is 4.72 Å². The maximum atomic E-state index is 12.4. The van der Waals surface area contributed by atoms with Crippen LogP contribution in [0.3, 0.4) is 0 Å². The Bertz CT molecular complexity index is 565. The smallest absolute Gasteiger partial charge is 0.240 e. The third-order valence-corrected chi connectivity index (χ3v) is 5.50. The highest BCUT2D eigenvalue weighted by molar-refractivity contribution is 7.89. The first kappa shape index (κ1) is 15.5. The molecule has 1 aromatic rings. The first-order valence-corrected chi connectivity index (χ1v) is 8.76. The molecule has 0 radical (unpaired) electrons. The van der Waals surface area contributed by atoms with Crippen LogP contribution in [0.25, 0.3) is 0 Å². The normalized spacial score (nSPS) is 17.1. The van der Waals surface area contributed by atoms with Crippen molar-refractivity contribution in [3.8, 4) is 0 Å². The van der Waals surface area contributed by atoms with Crippen molar-refractivity contribution in [2.75, 3.05) is 0 Å². The van der Waals surface area contributed by atoms with Crippen molar-refractivity contribution in [3.05, 3.63) is 29.3 Å². The van der Waals surface area contributed by atoms with Gasteiger partial charge in [0.1, 0.15) is 0 Å². The van der Waals surface area contributed by atoms with Crippen molar-refractivity contribution in [1.29, 1.82) is 0 Å². The Hall–Kier alpha value is -0.910. The van der Waals surface area contributed by atoms with E-state index in [0.29, 0.717) is 17.4 Å². The van der Waals surface area contributed by atoms with Crippen LogP contribution in [0.2, 0.25) is 0 Å². The minimum absolute atomic E-state index is 0.0372. The molecule has 0 aromatic heterocycles. The molecule has 1 aliphatic rings. The zero-order valence-corrected chi connectivity index (χ0v) is 13.0. The molecule has 0 spiro atoms. The summed E-state index contributed by atoms with van der Waals surface area (Å²) >= 11 is 0. The highest BCUT2D eigenvalue weighted by atomic mass is 32.2. The quantitative estimate of drug-likeness (QED) is 0.811. The van der Waals surface area contributed by atoms with Crippen molar-refractivity contribution >= 4 is 10.0 Å².